The van der Waals surface area contributed by atoms with Crippen LogP contribution in [-0.4, -0.2) is 53.8 Å². The van der Waals surface area contributed by atoms with Crippen molar-refractivity contribution in [3.63, 3.8) is 0 Å². The molecule has 6 atom stereocenters. The number of carbonyl (C=O) groups excluding carboxylic acids is 1. The number of carbonyl (C=O) groups is 1. The molecule has 5 aliphatic heterocycles. The van der Waals surface area contributed by atoms with Crippen molar-refractivity contribution in [3.05, 3.63) is 35.4 Å². The second-order valence-corrected chi connectivity index (χ2v) is 8.96. The van der Waals surface area contributed by atoms with Gasteiger partial charge in [0.15, 0.2) is 0 Å². The Kier molecular flexibility index (Phi) is 2.38. The fourth-order valence-electron chi connectivity index (χ4n) is 7.54. The van der Waals surface area contributed by atoms with Crippen LogP contribution in [0.5, 0.6) is 5.75 Å². The van der Waals surface area contributed by atoms with Gasteiger partial charge in [-0.2, -0.15) is 0 Å². The Morgan fingerprint density at radius 2 is 2.23 bits per heavy atom. The zero-order valence-corrected chi connectivity index (χ0v) is 14.6. The first-order valence-corrected chi connectivity index (χ1v) is 9.88. The molecule has 5 heterocycles. The zero-order valence-electron chi connectivity index (χ0n) is 14.6. The molecule has 5 nitrogen and oxygen atoms in total. The molecule has 1 spiro atoms. The molecule has 1 amide bonds. The van der Waals surface area contributed by atoms with Crippen LogP contribution in [0.2, 0.25) is 0 Å². The molecule has 4 fully saturated rings. The van der Waals surface area contributed by atoms with Crippen molar-refractivity contribution in [2.45, 2.75) is 42.9 Å². The lowest BCUT2D eigenvalue weighted by Gasteiger charge is -2.58. The average Bonchev–Trinajstić information content (AvgIpc) is 3.08. The maximum absolute atomic E-state index is 13.2. The second-order valence-electron chi connectivity index (χ2n) is 8.96. The van der Waals surface area contributed by atoms with E-state index < -0.39 is 0 Å². The highest BCUT2D eigenvalue weighted by Crippen LogP contribution is 2.65. The van der Waals surface area contributed by atoms with E-state index in [4.69, 9.17) is 4.74 Å². The molecular weight excluding hydrogens is 328 g/mol. The van der Waals surface area contributed by atoms with Crippen molar-refractivity contribution in [1.29, 1.82) is 0 Å². The number of hydrogen-bond donors (Lipinski definition) is 1. The molecule has 0 radical (unpaired) electrons. The fraction of sp³-hybridized carbons (Fsp3) is 0.571. The predicted octanol–water partition coefficient (Wildman–Crippen LogP) is 1.80. The number of fused-ring (bicyclic) bond motifs is 2. The molecule has 7 rings (SSSR count). The number of phenolic OH excluding ortho intramolecular Hbond substituents is 1. The Morgan fingerprint density at radius 3 is 3.15 bits per heavy atom. The molecule has 5 heteroatoms. The minimum Gasteiger partial charge on any atom is -0.508 e. The maximum Gasteiger partial charge on any atom is 0.229 e. The van der Waals surface area contributed by atoms with Crippen molar-refractivity contribution < 1.29 is 14.6 Å². The first-order chi connectivity index (χ1) is 12.7. The third kappa shape index (κ3) is 1.37. The number of benzene rings is 1. The van der Waals surface area contributed by atoms with Gasteiger partial charge in [0.2, 0.25) is 5.91 Å². The van der Waals surface area contributed by atoms with Gasteiger partial charge in [-0.1, -0.05) is 17.7 Å². The molecule has 6 aliphatic rings. The lowest BCUT2D eigenvalue weighted by molar-refractivity contribution is -0.132. The van der Waals surface area contributed by atoms with Gasteiger partial charge in [0.05, 0.1) is 30.9 Å². The average molecular weight is 350 g/mol. The van der Waals surface area contributed by atoms with Crippen LogP contribution < -0.4 is 4.90 Å². The topological polar surface area (TPSA) is 53.0 Å². The molecule has 3 saturated heterocycles. The highest BCUT2D eigenvalue weighted by molar-refractivity contribution is 5.99. The molecule has 2 unspecified atom stereocenters. The van der Waals surface area contributed by atoms with Gasteiger partial charge in [0.25, 0.3) is 0 Å². The number of nitrogens with zero attached hydrogens (tertiary/aromatic N) is 2. The number of rotatable bonds is 0. The summed E-state index contributed by atoms with van der Waals surface area (Å²) in [6.07, 6.45) is 5.10. The summed E-state index contributed by atoms with van der Waals surface area (Å²) in [5.41, 5.74) is 3.80. The molecule has 26 heavy (non-hydrogen) atoms. The molecule has 0 aromatic heterocycles. The van der Waals surface area contributed by atoms with E-state index in [1.165, 1.54) is 17.6 Å². The Morgan fingerprint density at radius 1 is 1.31 bits per heavy atom. The quantitative estimate of drug-likeness (QED) is 0.725. The Hall–Kier alpha value is -1.85. The van der Waals surface area contributed by atoms with Crippen molar-refractivity contribution >= 4 is 11.6 Å². The summed E-state index contributed by atoms with van der Waals surface area (Å²) in [6, 6.07) is 6.41. The van der Waals surface area contributed by atoms with Gasteiger partial charge in [-0.15, -0.1) is 0 Å². The van der Waals surface area contributed by atoms with E-state index in [0.29, 0.717) is 30.9 Å². The van der Waals surface area contributed by atoms with Crippen molar-refractivity contribution in [2.75, 3.05) is 24.6 Å². The predicted molar refractivity (Wildman–Crippen MR) is 95.1 cm³/mol. The van der Waals surface area contributed by atoms with Crippen molar-refractivity contribution in [1.82, 2.24) is 4.90 Å². The van der Waals surface area contributed by atoms with Gasteiger partial charge in [0.1, 0.15) is 5.75 Å². The minimum atomic E-state index is 0.0117. The molecule has 1 N–H and O–H groups in total. The molecule has 1 aromatic carbocycles. The van der Waals surface area contributed by atoms with Gasteiger partial charge in [-0.05, 0) is 36.9 Å². The third-order valence-corrected chi connectivity index (χ3v) is 8.29. The molecule has 1 aliphatic carbocycles. The van der Waals surface area contributed by atoms with Gasteiger partial charge in [-0.25, -0.2) is 0 Å². The van der Waals surface area contributed by atoms with Crippen LogP contribution in [0.3, 0.4) is 0 Å². The molecular formula is C21H22N2O3. The lowest BCUT2D eigenvalue weighted by Crippen LogP contribution is -2.69. The smallest absolute Gasteiger partial charge is 0.229 e. The molecule has 1 saturated carbocycles. The summed E-state index contributed by atoms with van der Waals surface area (Å²) in [7, 11) is 0. The number of hydrogen-bond acceptors (Lipinski definition) is 4. The fourth-order valence-corrected chi connectivity index (χ4v) is 7.54. The summed E-state index contributed by atoms with van der Waals surface area (Å²) in [6.45, 7) is 2.82. The largest absolute Gasteiger partial charge is 0.508 e. The molecule has 1 aromatic rings. The molecule has 134 valence electrons. The summed E-state index contributed by atoms with van der Waals surface area (Å²) < 4.78 is 6.22. The highest BCUT2D eigenvalue weighted by atomic mass is 16.5. The van der Waals surface area contributed by atoms with E-state index in [0.717, 1.165) is 25.2 Å². The van der Waals surface area contributed by atoms with Gasteiger partial charge in [-0.3, -0.25) is 9.69 Å². The van der Waals surface area contributed by atoms with Crippen LogP contribution in [0.4, 0.5) is 5.69 Å². The SMILES string of the molecule is O=C1C[C@@H]2OCC=C3CN4CCC56c7ccc(O)cc7N1[C@H]5C2[C@H]3C[C@H]46. The van der Waals surface area contributed by atoms with E-state index in [1.807, 2.05) is 6.07 Å². The minimum absolute atomic E-state index is 0.0117. The third-order valence-electron chi connectivity index (χ3n) is 8.29. The monoisotopic (exact) mass is 350 g/mol. The van der Waals surface area contributed by atoms with E-state index in [1.54, 1.807) is 6.07 Å². The van der Waals surface area contributed by atoms with Crippen molar-refractivity contribution in [3.8, 4) is 5.75 Å². The lowest BCUT2D eigenvalue weighted by atomic mass is 9.53. The number of anilines is 1. The summed E-state index contributed by atoms with van der Waals surface area (Å²) in [4.78, 5) is 17.9. The van der Waals surface area contributed by atoms with Crippen LogP contribution in [0.25, 0.3) is 0 Å². The Balaban J connectivity index is 1.55. The van der Waals surface area contributed by atoms with E-state index in [-0.39, 0.29) is 29.2 Å². The summed E-state index contributed by atoms with van der Waals surface area (Å²) >= 11 is 0. The highest BCUT2D eigenvalue weighted by Gasteiger charge is 2.70. The van der Waals surface area contributed by atoms with Crippen LogP contribution in [-0.2, 0) is 14.9 Å². The molecule has 2 bridgehead atoms. The van der Waals surface area contributed by atoms with Crippen LogP contribution in [0.15, 0.2) is 29.8 Å². The first-order valence-electron chi connectivity index (χ1n) is 9.88. The van der Waals surface area contributed by atoms with Crippen LogP contribution in [0.1, 0.15) is 24.8 Å². The van der Waals surface area contributed by atoms with Gasteiger partial charge < -0.3 is 14.7 Å². The van der Waals surface area contributed by atoms with Crippen molar-refractivity contribution in [2.24, 2.45) is 11.8 Å². The second kappa shape index (κ2) is 4.34. The van der Waals surface area contributed by atoms with E-state index in [2.05, 4.69) is 21.9 Å². The van der Waals surface area contributed by atoms with Gasteiger partial charge in [0, 0.05) is 30.0 Å². The number of ether oxygens (including phenoxy) is 1. The number of amides is 1. The van der Waals surface area contributed by atoms with E-state index >= 15 is 0 Å². The van der Waals surface area contributed by atoms with Crippen LogP contribution in [0, 0.1) is 11.8 Å². The van der Waals surface area contributed by atoms with Gasteiger partial charge >= 0.3 is 0 Å². The van der Waals surface area contributed by atoms with Crippen LogP contribution >= 0.6 is 0 Å². The maximum atomic E-state index is 13.2. The number of aromatic hydroxyl groups is 1. The Labute approximate surface area is 152 Å². The summed E-state index contributed by atoms with van der Waals surface area (Å²) in [5.74, 6) is 1.34. The standard InChI is InChI=1S/C21H22N2O3/c24-12-1-2-14-15(7-12)23-18(25)9-16-19-13-8-17-21(14,20(19)23)4-5-22(17)10-11(13)3-6-26-16/h1-3,7,13,16-17,19-20,24H,4-6,8-10H2/t13-,16-,17-,19?,20-,21?/m0/s1. The Bertz CT molecular complexity index is 895. The zero-order chi connectivity index (χ0) is 17.2. The number of phenols is 1. The summed E-state index contributed by atoms with van der Waals surface area (Å²) in [5, 5.41) is 10.1. The normalized spacial score (nSPS) is 44.6. The first kappa shape index (κ1) is 14.2. The van der Waals surface area contributed by atoms with E-state index in [9.17, 15) is 9.90 Å². The number of piperidine rings is 2.